The van der Waals surface area contributed by atoms with Gasteiger partial charge in [0.15, 0.2) is 5.15 Å². The summed E-state index contributed by atoms with van der Waals surface area (Å²) in [5, 5.41) is 4.34. The summed E-state index contributed by atoms with van der Waals surface area (Å²) in [5.41, 5.74) is 0.525. The summed E-state index contributed by atoms with van der Waals surface area (Å²) >= 11 is 6.19. The second kappa shape index (κ2) is 5.06. The molecule has 2 aromatic rings. The van der Waals surface area contributed by atoms with Crippen molar-refractivity contribution in [3.8, 4) is 5.69 Å². The minimum Gasteiger partial charge on any atom is -0.220 e. The highest BCUT2D eigenvalue weighted by molar-refractivity contribution is 8.13. The molecule has 0 aliphatic rings. The van der Waals surface area contributed by atoms with Gasteiger partial charge in [-0.25, -0.2) is 13.1 Å². The van der Waals surface area contributed by atoms with E-state index in [1.807, 2.05) is 39.0 Å². The van der Waals surface area contributed by atoms with Crippen molar-refractivity contribution in [2.45, 2.75) is 31.1 Å². The fourth-order valence-electron chi connectivity index (χ4n) is 1.83. The molecule has 108 valence electrons. The summed E-state index contributed by atoms with van der Waals surface area (Å²) in [5.74, 6) is 0. The van der Waals surface area contributed by atoms with E-state index in [4.69, 9.17) is 22.3 Å². The van der Waals surface area contributed by atoms with E-state index in [0.717, 1.165) is 0 Å². The van der Waals surface area contributed by atoms with Gasteiger partial charge in [0.25, 0.3) is 9.05 Å². The fraction of sp³-hybridized carbons (Fsp3) is 0.308. The lowest BCUT2D eigenvalue weighted by Gasteiger charge is -2.16. The van der Waals surface area contributed by atoms with Crippen molar-refractivity contribution < 1.29 is 8.42 Å². The van der Waals surface area contributed by atoms with E-state index < -0.39 is 14.5 Å². The predicted molar refractivity (Wildman–Crippen MR) is 80.3 cm³/mol. The number of hydrogen-bond donors (Lipinski definition) is 0. The quantitative estimate of drug-likeness (QED) is 0.787. The van der Waals surface area contributed by atoms with E-state index in [1.54, 1.807) is 12.1 Å². The Labute approximate surface area is 127 Å². The number of hydrogen-bond acceptors (Lipinski definition) is 3. The predicted octanol–water partition coefficient (Wildman–Crippen LogP) is 3.75. The lowest BCUT2D eigenvalue weighted by molar-refractivity contribution is 0.544. The molecule has 20 heavy (non-hydrogen) atoms. The molecule has 0 unspecified atom stereocenters. The van der Waals surface area contributed by atoms with Gasteiger partial charge in [-0.1, -0.05) is 50.6 Å². The average Bonchev–Trinajstić information content (AvgIpc) is 2.67. The zero-order chi connectivity index (χ0) is 15.1. The van der Waals surface area contributed by atoms with E-state index in [2.05, 4.69) is 5.10 Å². The van der Waals surface area contributed by atoms with Gasteiger partial charge < -0.3 is 0 Å². The standard InChI is InChI=1S/C13H14Cl2N2O2S/c1-13(2,3)11-10(20(15,18)19)12(14)17(16-11)9-7-5-4-6-8-9/h4-8H,1-3H3. The summed E-state index contributed by atoms with van der Waals surface area (Å²) in [7, 11) is 1.53. The minimum absolute atomic E-state index is 0.00359. The van der Waals surface area contributed by atoms with Crippen LogP contribution in [0.2, 0.25) is 5.15 Å². The zero-order valence-corrected chi connectivity index (χ0v) is 13.6. The number of rotatable bonds is 2. The molecule has 0 amide bonds. The van der Waals surface area contributed by atoms with Gasteiger partial charge in [-0.3, -0.25) is 0 Å². The maximum Gasteiger partial charge on any atom is 0.266 e. The molecule has 0 N–H and O–H groups in total. The first-order chi connectivity index (χ1) is 9.12. The Kier molecular flexibility index (Phi) is 3.88. The summed E-state index contributed by atoms with van der Waals surface area (Å²) in [6.07, 6.45) is 0. The summed E-state index contributed by atoms with van der Waals surface area (Å²) in [6.45, 7) is 5.56. The monoisotopic (exact) mass is 332 g/mol. The Balaban J connectivity index is 2.79. The van der Waals surface area contributed by atoms with Gasteiger partial charge in [-0.2, -0.15) is 5.10 Å². The molecule has 1 aromatic carbocycles. The van der Waals surface area contributed by atoms with Crippen molar-refractivity contribution in [3.63, 3.8) is 0 Å². The number of benzene rings is 1. The average molecular weight is 333 g/mol. The lowest BCUT2D eigenvalue weighted by atomic mass is 9.92. The largest absolute Gasteiger partial charge is 0.266 e. The van der Waals surface area contributed by atoms with Crippen LogP contribution in [0.1, 0.15) is 26.5 Å². The van der Waals surface area contributed by atoms with Crippen molar-refractivity contribution in [2.24, 2.45) is 0 Å². The molecular weight excluding hydrogens is 319 g/mol. The van der Waals surface area contributed by atoms with Gasteiger partial charge in [0, 0.05) is 16.1 Å². The van der Waals surface area contributed by atoms with Gasteiger partial charge in [-0.05, 0) is 12.1 Å². The first-order valence-corrected chi connectivity index (χ1v) is 8.60. The van der Waals surface area contributed by atoms with Crippen molar-refractivity contribution in [1.29, 1.82) is 0 Å². The normalized spacial score (nSPS) is 12.7. The Morgan fingerprint density at radius 2 is 1.70 bits per heavy atom. The fourth-order valence-corrected chi connectivity index (χ4v) is 3.78. The third-order valence-electron chi connectivity index (χ3n) is 2.74. The van der Waals surface area contributed by atoms with E-state index >= 15 is 0 Å². The van der Waals surface area contributed by atoms with E-state index in [0.29, 0.717) is 11.4 Å². The van der Waals surface area contributed by atoms with Gasteiger partial charge in [-0.15, -0.1) is 0 Å². The third-order valence-corrected chi connectivity index (χ3v) is 4.54. The maximum atomic E-state index is 11.8. The maximum absolute atomic E-state index is 11.8. The number of nitrogens with zero attached hydrogens (tertiary/aromatic N) is 2. The molecule has 1 aromatic heterocycles. The molecule has 0 atom stereocenters. The Morgan fingerprint density at radius 3 is 2.10 bits per heavy atom. The van der Waals surface area contributed by atoms with Crippen LogP contribution in [-0.4, -0.2) is 18.2 Å². The molecule has 0 saturated carbocycles. The van der Waals surface area contributed by atoms with E-state index in [1.165, 1.54) is 4.68 Å². The number of aromatic nitrogens is 2. The highest BCUT2D eigenvalue weighted by atomic mass is 35.7. The summed E-state index contributed by atoms with van der Waals surface area (Å²) in [4.78, 5) is -0.128. The van der Waals surface area contributed by atoms with Crippen LogP contribution in [-0.2, 0) is 14.5 Å². The minimum atomic E-state index is -3.98. The molecule has 4 nitrogen and oxygen atoms in total. The third kappa shape index (κ3) is 2.85. The molecule has 0 radical (unpaired) electrons. The molecule has 0 bridgehead atoms. The Morgan fingerprint density at radius 1 is 1.15 bits per heavy atom. The van der Waals surface area contributed by atoms with Crippen LogP contribution in [0.5, 0.6) is 0 Å². The van der Waals surface area contributed by atoms with Crippen LogP contribution in [0.3, 0.4) is 0 Å². The van der Waals surface area contributed by atoms with Gasteiger partial charge >= 0.3 is 0 Å². The SMILES string of the molecule is CC(C)(C)c1nn(-c2ccccc2)c(Cl)c1S(=O)(=O)Cl. The molecule has 2 rings (SSSR count). The van der Waals surface area contributed by atoms with Crippen LogP contribution >= 0.6 is 22.3 Å². The summed E-state index contributed by atoms with van der Waals surface area (Å²) in [6, 6.07) is 9.06. The Bertz CT molecular complexity index is 732. The first-order valence-electron chi connectivity index (χ1n) is 5.91. The molecule has 0 fully saturated rings. The van der Waals surface area contributed by atoms with Crippen LogP contribution in [0.4, 0.5) is 0 Å². The van der Waals surface area contributed by atoms with Crippen molar-refractivity contribution >= 4 is 31.3 Å². The smallest absolute Gasteiger partial charge is 0.220 e. The number of para-hydroxylation sites is 1. The second-order valence-corrected chi connectivity index (χ2v) is 8.26. The van der Waals surface area contributed by atoms with Gasteiger partial charge in [0.1, 0.15) is 4.90 Å². The van der Waals surface area contributed by atoms with E-state index in [9.17, 15) is 8.42 Å². The second-order valence-electron chi connectivity index (χ2n) is 5.40. The van der Waals surface area contributed by atoms with Gasteiger partial charge in [0.2, 0.25) is 0 Å². The highest BCUT2D eigenvalue weighted by Crippen LogP contribution is 2.36. The molecule has 0 aliphatic carbocycles. The molecule has 0 spiro atoms. The summed E-state index contributed by atoms with van der Waals surface area (Å²) < 4.78 is 25.0. The lowest BCUT2D eigenvalue weighted by Crippen LogP contribution is -2.15. The van der Waals surface area contributed by atoms with Crippen LogP contribution in [0.15, 0.2) is 35.2 Å². The van der Waals surface area contributed by atoms with Crippen LogP contribution in [0, 0.1) is 0 Å². The van der Waals surface area contributed by atoms with Crippen LogP contribution in [0.25, 0.3) is 5.69 Å². The first kappa shape index (κ1) is 15.4. The Hall–Kier alpha value is -1.04. The van der Waals surface area contributed by atoms with Crippen LogP contribution < -0.4 is 0 Å². The molecule has 0 aliphatic heterocycles. The van der Waals surface area contributed by atoms with Crippen molar-refractivity contribution in [2.75, 3.05) is 0 Å². The molecular formula is C13H14Cl2N2O2S. The van der Waals surface area contributed by atoms with E-state index in [-0.39, 0.29) is 10.0 Å². The zero-order valence-electron chi connectivity index (χ0n) is 11.3. The molecule has 0 saturated heterocycles. The van der Waals surface area contributed by atoms with Crippen molar-refractivity contribution in [1.82, 2.24) is 9.78 Å². The van der Waals surface area contributed by atoms with Crippen molar-refractivity contribution in [3.05, 3.63) is 41.2 Å². The highest BCUT2D eigenvalue weighted by Gasteiger charge is 2.33. The van der Waals surface area contributed by atoms with Gasteiger partial charge in [0.05, 0.1) is 11.4 Å². The molecule has 1 heterocycles. The molecule has 7 heteroatoms. The topological polar surface area (TPSA) is 52.0 Å². The number of halogens is 2.